The predicted octanol–water partition coefficient (Wildman–Crippen LogP) is 4.07. The molecule has 3 aromatic rings. The topological polar surface area (TPSA) is 65.1 Å². The number of amides is 1. The minimum Gasteiger partial charge on any atom is -0.394 e. The van der Waals surface area contributed by atoms with E-state index in [-0.39, 0.29) is 30.5 Å². The molecule has 0 bridgehead atoms. The summed E-state index contributed by atoms with van der Waals surface area (Å²) in [7, 11) is 0. The Morgan fingerprint density at radius 2 is 1.86 bits per heavy atom. The third-order valence-corrected chi connectivity index (χ3v) is 4.58. The summed E-state index contributed by atoms with van der Waals surface area (Å²) in [6.45, 7) is 1.54. The molecule has 0 radical (unpaired) electrons. The van der Waals surface area contributed by atoms with Gasteiger partial charge in [-0.1, -0.05) is 0 Å². The lowest BCUT2D eigenvalue weighted by molar-refractivity contribution is -0.122. The van der Waals surface area contributed by atoms with Crippen LogP contribution < -0.4 is 5.32 Å². The van der Waals surface area contributed by atoms with Gasteiger partial charge < -0.3 is 15.4 Å². The van der Waals surface area contributed by atoms with Gasteiger partial charge in [-0.2, -0.15) is 0 Å². The van der Waals surface area contributed by atoms with E-state index in [0.717, 1.165) is 6.07 Å². The summed E-state index contributed by atoms with van der Waals surface area (Å²) >= 11 is 0. The summed E-state index contributed by atoms with van der Waals surface area (Å²) in [6.07, 6.45) is 1.05. The monoisotopic (exact) mass is 390 g/mol. The standard InChI is InChI=1S/C21H21F3N2O2/c1-12(11-27)25-19(28)4-2-3-16-17-9-15(23)10-18(24)21(17)26-20(16)13-5-7-14(22)8-6-13/h5-10,12,26-27H,2-4,11H2,1H3,(H,25,28)/t12-/m0/s1. The molecule has 1 aromatic heterocycles. The molecule has 7 heteroatoms. The fourth-order valence-corrected chi connectivity index (χ4v) is 3.21. The fraction of sp³-hybridized carbons (Fsp3) is 0.286. The summed E-state index contributed by atoms with van der Waals surface area (Å²) in [5, 5.41) is 12.1. The van der Waals surface area contributed by atoms with Gasteiger partial charge in [0.1, 0.15) is 17.5 Å². The maximum Gasteiger partial charge on any atom is 0.220 e. The van der Waals surface area contributed by atoms with Crippen LogP contribution in [0.2, 0.25) is 0 Å². The van der Waals surface area contributed by atoms with Gasteiger partial charge in [-0.05, 0) is 61.2 Å². The van der Waals surface area contributed by atoms with Gasteiger partial charge in [0.2, 0.25) is 5.91 Å². The number of carbonyl (C=O) groups is 1. The van der Waals surface area contributed by atoms with Crippen LogP contribution in [-0.4, -0.2) is 28.6 Å². The average molecular weight is 390 g/mol. The zero-order valence-electron chi connectivity index (χ0n) is 15.4. The Morgan fingerprint density at radius 3 is 2.54 bits per heavy atom. The van der Waals surface area contributed by atoms with E-state index in [2.05, 4.69) is 10.3 Å². The van der Waals surface area contributed by atoms with E-state index in [1.54, 1.807) is 19.1 Å². The largest absolute Gasteiger partial charge is 0.394 e. The highest BCUT2D eigenvalue weighted by molar-refractivity contribution is 5.91. The molecule has 1 heterocycles. The minimum absolute atomic E-state index is 0.151. The van der Waals surface area contributed by atoms with Crippen molar-refractivity contribution in [3.8, 4) is 11.3 Å². The molecule has 2 aromatic carbocycles. The quantitative estimate of drug-likeness (QED) is 0.569. The van der Waals surface area contributed by atoms with Crippen molar-refractivity contribution in [2.45, 2.75) is 32.2 Å². The van der Waals surface area contributed by atoms with Gasteiger partial charge >= 0.3 is 0 Å². The Labute approximate surface area is 160 Å². The molecule has 28 heavy (non-hydrogen) atoms. The SMILES string of the molecule is C[C@@H](CO)NC(=O)CCCc1c(-c2ccc(F)cc2)[nH]c2c(F)cc(F)cc12. The van der Waals surface area contributed by atoms with Crippen molar-refractivity contribution < 1.29 is 23.1 Å². The predicted molar refractivity (Wildman–Crippen MR) is 101 cm³/mol. The second-order valence-electron chi connectivity index (χ2n) is 6.80. The molecule has 0 aliphatic carbocycles. The number of aromatic nitrogens is 1. The van der Waals surface area contributed by atoms with Crippen LogP contribution >= 0.6 is 0 Å². The Balaban J connectivity index is 1.91. The molecular formula is C21H21F3N2O2. The van der Waals surface area contributed by atoms with Crippen molar-refractivity contribution in [1.82, 2.24) is 10.3 Å². The molecule has 0 spiro atoms. The molecule has 0 unspecified atom stereocenters. The van der Waals surface area contributed by atoms with Gasteiger partial charge in [0, 0.05) is 29.6 Å². The van der Waals surface area contributed by atoms with Crippen LogP contribution in [0, 0.1) is 17.5 Å². The molecule has 148 valence electrons. The van der Waals surface area contributed by atoms with Gasteiger partial charge in [-0.3, -0.25) is 4.79 Å². The van der Waals surface area contributed by atoms with Crippen molar-refractivity contribution in [1.29, 1.82) is 0 Å². The third kappa shape index (κ3) is 4.36. The van der Waals surface area contributed by atoms with Crippen LogP contribution in [0.25, 0.3) is 22.2 Å². The highest BCUT2D eigenvalue weighted by Crippen LogP contribution is 2.33. The van der Waals surface area contributed by atoms with Crippen LogP contribution in [0.1, 0.15) is 25.3 Å². The van der Waals surface area contributed by atoms with Gasteiger partial charge in [0.25, 0.3) is 0 Å². The number of aryl methyl sites for hydroxylation is 1. The van der Waals surface area contributed by atoms with Gasteiger partial charge in [-0.25, -0.2) is 13.2 Å². The Hall–Kier alpha value is -2.80. The number of aliphatic hydroxyl groups is 1. The smallest absolute Gasteiger partial charge is 0.220 e. The molecule has 0 saturated carbocycles. The molecule has 1 atom stereocenters. The second kappa shape index (κ2) is 8.48. The number of fused-ring (bicyclic) bond motifs is 1. The molecule has 0 aliphatic heterocycles. The first kappa shape index (κ1) is 19.9. The van der Waals surface area contributed by atoms with Crippen LogP contribution in [0.15, 0.2) is 36.4 Å². The summed E-state index contributed by atoms with van der Waals surface area (Å²) in [5.41, 5.74) is 2.06. The first-order valence-corrected chi connectivity index (χ1v) is 9.04. The number of halogens is 3. The number of H-pyrrole nitrogens is 1. The summed E-state index contributed by atoms with van der Waals surface area (Å²) < 4.78 is 41.3. The number of aliphatic hydroxyl groups excluding tert-OH is 1. The molecule has 4 nitrogen and oxygen atoms in total. The lowest BCUT2D eigenvalue weighted by Crippen LogP contribution is -2.34. The summed E-state index contributed by atoms with van der Waals surface area (Å²) in [6, 6.07) is 7.45. The molecule has 0 saturated heterocycles. The lowest BCUT2D eigenvalue weighted by Gasteiger charge is -2.11. The fourth-order valence-electron chi connectivity index (χ4n) is 3.21. The van der Waals surface area contributed by atoms with E-state index in [9.17, 15) is 18.0 Å². The highest BCUT2D eigenvalue weighted by atomic mass is 19.1. The maximum atomic E-state index is 14.2. The molecule has 3 rings (SSSR count). The Morgan fingerprint density at radius 1 is 1.14 bits per heavy atom. The number of nitrogens with one attached hydrogen (secondary N) is 2. The van der Waals surface area contributed by atoms with E-state index in [1.165, 1.54) is 18.2 Å². The molecular weight excluding hydrogens is 369 g/mol. The van der Waals surface area contributed by atoms with Gasteiger partial charge in [0.15, 0.2) is 0 Å². The minimum atomic E-state index is -0.709. The Bertz CT molecular complexity index is 983. The lowest BCUT2D eigenvalue weighted by atomic mass is 10.00. The third-order valence-electron chi connectivity index (χ3n) is 4.58. The number of hydrogen-bond acceptors (Lipinski definition) is 2. The highest BCUT2D eigenvalue weighted by Gasteiger charge is 2.17. The second-order valence-corrected chi connectivity index (χ2v) is 6.80. The van der Waals surface area contributed by atoms with Crippen LogP contribution in [0.4, 0.5) is 13.2 Å². The summed E-state index contributed by atoms with van der Waals surface area (Å²) in [4.78, 5) is 14.9. The van der Waals surface area contributed by atoms with Crippen LogP contribution in [0.3, 0.4) is 0 Å². The summed E-state index contributed by atoms with van der Waals surface area (Å²) in [5.74, 6) is -2.00. The number of aromatic amines is 1. The van der Waals surface area contributed by atoms with Gasteiger partial charge in [0.05, 0.1) is 12.1 Å². The van der Waals surface area contributed by atoms with E-state index >= 15 is 0 Å². The first-order chi connectivity index (χ1) is 13.4. The van der Waals surface area contributed by atoms with Crippen LogP contribution in [-0.2, 0) is 11.2 Å². The molecule has 1 amide bonds. The van der Waals surface area contributed by atoms with Gasteiger partial charge in [-0.15, -0.1) is 0 Å². The van der Waals surface area contributed by atoms with Crippen molar-refractivity contribution >= 4 is 16.8 Å². The van der Waals surface area contributed by atoms with Crippen molar-refractivity contribution in [3.63, 3.8) is 0 Å². The molecule has 3 N–H and O–H groups in total. The molecule has 0 fully saturated rings. The number of hydrogen-bond donors (Lipinski definition) is 3. The number of benzene rings is 2. The maximum absolute atomic E-state index is 14.2. The molecule has 0 aliphatic rings. The van der Waals surface area contributed by atoms with E-state index in [0.29, 0.717) is 35.0 Å². The van der Waals surface area contributed by atoms with Crippen LogP contribution in [0.5, 0.6) is 0 Å². The zero-order valence-corrected chi connectivity index (χ0v) is 15.4. The first-order valence-electron chi connectivity index (χ1n) is 9.04. The average Bonchev–Trinajstić information content (AvgIpc) is 3.01. The van der Waals surface area contributed by atoms with E-state index < -0.39 is 17.5 Å². The van der Waals surface area contributed by atoms with Crippen molar-refractivity contribution in [2.24, 2.45) is 0 Å². The number of rotatable bonds is 7. The van der Waals surface area contributed by atoms with Crippen molar-refractivity contribution in [2.75, 3.05) is 6.61 Å². The van der Waals surface area contributed by atoms with Crippen molar-refractivity contribution in [3.05, 3.63) is 59.4 Å². The Kier molecular flexibility index (Phi) is 6.04. The zero-order chi connectivity index (χ0) is 20.3. The van der Waals surface area contributed by atoms with E-state index in [4.69, 9.17) is 5.11 Å². The normalized spacial score (nSPS) is 12.3. The number of carbonyl (C=O) groups excluding carboxylic acids is 1. The van der Waals surface area contributed by atoms with E-state index in [1.807, 2.05) is 0 Å².